The first-order chi connectivity index (χ1) is 24.7. The van der Waals surface area contributed by atoms with Crippen LogP contribution in [-0.2, 0) is 33.9 Å². The summed E-state index contributed by atoms with van der Waals surface area (Å²) in [5, 5.41) is 7.12. The Morgan fingerprint density at radius 2 is 1.67 bits per heavy atom. The topological polar surface area (TPSA) is 44.9 Å². The fourth-order valence-corrected chi connectivity index (χ4v) is 6.96. The molecule has 268 valence electrons. The third kappa shape index (κ3) is 7.81. The van der Waals surface area contributed by atoms with Crippen LogP contribution in [0.3, 0.4) is 0 Å². The van der Waals surface area contributed by atoms with Crippen LogP contribution >= 0.6 is 0 Å². The number of para-hydroxylation sites is 1. The SMILES string of the molecule is CCC(C)Cc1cccc(C)c1-c1cnn(-c2[c-]c(Oc3[c-]c4c(cc3)c3ccccc3n4-c3cc(CCC(C)C)ccn3)cc(C(C)C)c2)c1.[Pt+2]. The summed E-state index contributed by atoms with van der Waals surface area (Å²) in [5.74, 6) is 3.70. The van der Waals surface area contributed by atoms with Crippen molar-refractivity contribution in [2.75, 3.05) is 0 Å². The van der Waals surface area contributed by atoms with Gasteiger partial charge < -0.3 is 9.30 Å². The van der Waals surface area contributed by atoms with Crippen molar-refractivity contribution in [3.63, 3.8) is 0 Å². The van der Waals surface area contributed by atoms with Crippen molar-refractivity contribution in [1.82, 2.24) is 19.3 Å². The number of hydrogen-bond acceptors (Lipinski definition) is 3. The van der Waals surface area contributed by atoms with Gasteiger partial charge in [-0.1, -0.05) is 89.9 Å². The minimum absolute atomic E-state index is 0. The molecule has 1 atom stereocenters. The van der Waals surface area contributed by atoms with Gasteiger partial charge in [-0.15, -0.1) is 41.3 Å². The van der Waals surface area contributed by atoms with E-state index >= 15 is 0 Å². The van der Waals surface area contributed by atoms with E-state index in [0.29, 0.717) is 23.3 Å². The molecule has 0 saturated carbocycles. The maximum Gasteiger partial charge on any atom is 2.00 e. The largest absolute Gasteiger partial charge is 2.00 e. The van der Waals surface area contributed by atoms with E-state index in [-0.39, 0.29) is 27.0 Å². The second-order valence-electron chi connectivity index (χ2n) is 14.8. The van der Waals surface area contributed by atoms with E-state index < -0.39 is 0 Å². The summed E-state index contributed by atoms with van der Waals surface area (Å²) in [5.41, 5.74) is 10.3. The molecule has 6 heteroatoms. The molecule has 3 heterocycles. The van der Waals surface area contributed by atoms with E-state index in [1.54, 1.807) is 0 Å². The van der Waals surface area contributed by atoms with Crippen LogP contribution in [0.5, 0.6) is 11.5 Å². The predicted molar refractivity (Wildman–Crippen MR) is 210 cm³/mol. The molecule has 7 aromatic rings. The minimum Gasteiger partial charge on any atom is -0.509 e. The van der Waals surface area contributed by atoms with Crippen molar-refractivity contribution in [2.45, 2.75) is 80.1 Å². The molecule has 1 unspecified atom stereocenters. The van der Waals surface area contributed by atoms with Gasteiger partial charge in [0.25, 0.3) is 0 Å². The standard InChI is InChI=1S/C46H48N4O.Pt/c1-8-32(6)22-35-13-11-12-33(7)46(35)37-28-48-49(29-37)38-24-36(31(4)5)25-40(26-38)51-39-18-19-42-41-14-9-10-15-43(41)50(44(42)27-39)45-23-34(20-21-47-45)17-16-30(2)3;/h9-15,18-21,23-25,28-32H,8,16-17,22H2,1-7H3;/q-2;+2. The molecule has 0 spiro atoms. The molecule has 0 N–H and O–H groups in total. The first-order valence-electron chi connectivity index (χ1n) is 18.5. The summed E-state index contributed by atoms with van der Waals surface area (Å²) in [6.45, 7) is 15.7. The number of ether oxygens (including phenoxy) is 1. The second kappa shape index (κ2) is 16.0. The van der Waals surface area contributed by atoms with E-state index in [1.165, 1.54) is 22.3 Å². The van der Waals surface area contributed by atoms with E-state index in [2.05, 4.69) is 144 Å². The Morgan fingerprint density at radius 3 is 2.46 bits per heavy atom. The van der Waals surface area contributed by atoms with E-state index in [1.807, 2.05) is 23.1 Å². The van der Waals surface area contributed by atoms with Gasteiger partial charge in [0, 0.05) is 35.0 Å². The monoisotopic (exact) mass is 867 g/mol. The molecule has 3 aromatic heterocycles. The average molecular weight is 868 g/mol. The predicted octanol–water partition coefficient (Wildman–Crippen LogP) is 12.0. The maximum atomic E-state index is 6.61. The number of benzene rings is 4. The Kier molecular flexibility index (Phi) is 11.5. The normalized spacial score (nSPS) is 12.2. The summed E-state index contributed by atoms with van der Waals surface area (Å²) < 4.78 is 10.8. The number of aryl methyl sites for hydroxylation is 2. The zero-order chi connectivity index (χ0) is 35.6. The molecule has 0 aliphatic heterocycles. The minimum atomic E-state index is 0. The fraction of sp³-hybridized carbons (Fsp3) is 0.304. The van der Waals surface area contributed by atoms with Gasteiger partial charge in [-0.05, 0) is 95.5 Å². The molecule has 4 aromatic carbocycles. The quantitative estimate of drug-likeness (QED) is 0.115. The Balaban J connectivity index is 0.00000464. The summed E-state index contributed by atoms with van der Waals surface area (Å²) in [6.07, 6.45) is 10.4. The van der Waals surface area contributed by atoms with Crippen LogP contribution in [0.15, 0.2) is 97.5 Å². The first-order valence-corrected chi connectivity index (χ1v) is 18.5. The van der Waals surface area contributed by atoms with Gasteiger partial charge in [-0.2, -0.15) is 11.2 Å². The van der Waals surface area contributed by atoms with Crippen LogP contribution in [0.1, 0.15) is 82.6 Å². The van der Waals surface area contributed by atoms with Crippen molar-refractivity contribution < 1.29 is 25.8 Å². The molecular weight excluding hydrogens is 820 g/mol. The van der Waals surface area contributed by atoms with Crippen LogP contribution in [-0.4, -0.2) is 19.3 Å². The molecule has 0 fully saturated rings. The Bertz CT molecular complexity index is 2310. The summed E-state index contributed by atoms with van der Waals surface area (Å²) in [6, 6.07) is 35.0. The zero-order valence-corrected chi connectivity index (χ0v) is 33.6. The molecule has 0 aliphatic carbocycles. The molecule has 5 nitrogen and oxygen atoms in total. The van der Waals surface area contributed by atoms with Gasteiger partial charge in [0.2, 0.25) is 0 Å². The van der Waals surface area contributed by atoms with Crippen LogP contribution < -0.4 is 4.74 Å². The fourth-order valence-electron chi connectivity index (χ4n) is 6.96. The van der Waals surface area contributed by atoms with Crippen molar-refractivity contribution in [1.29, 1.82) is 0 Å². The third-order valence-corrected chi connectivity index (χ3v) is 10.1. The van der Waals surface area contributed by atoms with Gasteiger partial charge in [0.15, 0.2) is 0 Å². The molecule has 0 bridgehead atoms. The number of rotatable bonds is 12. The molecule has 0 saturated heterocycles. The average Bonchev–Trinajstić information content (AvgIpc) is 3.74. The van der Waals surface area contributed by atoms with E-state index in [9.17, 15) is 0 Å². The van der Waals surface area contributed by atoms with Crippen molar-refractivity contribution >= 4 is 21.8 Å². The van der Waals surface area contributed by atoms with Gasteiger partial charge in [-0.25, -0.2) is 4.98 Å². The van der Waals surface area contributed by atoms with Crippen molar-refractivity contribution in [2.24, 2.45) is 11.8 Å². The van der Waals surface area contributed by atoms with Crippen LogP contribution in [0, 0.1) is 30.9 Å². The van der Waals surface area contributed by atoms with E-state index in [4.69, 9.17) is 14.8 Å². The Labute approximate surface area is 323 Å². The van der Waals surface area contributed by atoms with E-state index in [0.717, 1.165) is 70.1 Å². The first kappa shape index (κ1) is 37.3. The number of pyridine rings is 1. The van der Waals surface area contributed by atoms with Crippen molar-refractivity contribution in [3.8, 4) is 34.1 Å². The number of aromatic nitrogens is 4. The van der Waals surface area contributed by atoms with Crippen LogP contribution in [0.4, 0.5) is 0 Å². The van der Waals surface area contributed by atoms with Crippen LogP contribution in [0.2, 0.25) is 0 Å². The smallest absolute Gasteiger partial charge is 0.509 e. The maximum absolute atomic E-state index is 6.61. The second-order valence-corrected chi connectivity index (χ2v) is 14.8. The van der Waals surface area contributed by atoms with Gasteiger partial charge >= 0.3 is 21.1 Å². The molecule has 0 radical (unpaired) electrons. The van der Waals surface area contributed by atoms with Crippen LogP contribution in [0.25, 0.3) is 44.4 Å². The Hall–Kier alpha value is -4.47. The van der Waals surface area contributed by atoms with Gasteiger partial charge in [0.1, 0.15) is 5.82 Å². The van der Waals surface area contributed by atoms with Gasteiger partial charge in [-0.3, -0.25) is 4.68 Å². The summed E-state index contributed by atoms with van der Waals surface area (Å²) >= 11 is 0. The number of hydrogen-bond donors (Lipinski definition) is 0. The summed E-state index contributed by atoms with van der Waals surface area (Å²) in [4.78, 5) is 4.84. The summed E-state index contributed by atoms with van der Waals surface area (Å²) in [7, 11) is 0. The Morgan fingerprint density at radius 1 is 0.846 bits per heavy atom. The molecule has 0 aliphatic rings. The molecule has 7 rings (SSSR count). The molecule has 0 amide bonds. The van der Waals surface area contributed by atoms with Crippen molar-refractivity contribution in [3.05, 3.63) is 132 Å². The number of fused-ring (bicyclic) bond motifs is 3. The van der Waals surface area contributed by atoms with Gasteiger partial charge in [0.05, 0.1) is 6.20 Å². The third-order valence-electron chi connectivity index (χ3n) is 10.1. The molecule has 52 heavy (non-hydrogen) atoms. The zero-order valence-electron chi connectivity index (χ0n) is 31.3. The molecular formula is C46H48N4OPt. The number of nitrogens with zero attached hydrogens (tertiary/aromatic N) is 4.